The Bertz CT molecular complexity index is 4410. The highest BCUT2D eigenvalue weighted by atomic mass is 16.6. The first-order valence-electron chi connectivity index (χ1n) is 28.0. The molecule has 6 heterocycles. The van der Waals surface area contributed by atoms with E-state index in [-0.39, 0.29) is 41.8 Å². The van der Waals surface area contributed by atoms with E-state index in [4.69, 9.17) is 20.6 Å². The molecule has 0 saturated heterocycles. The number of benzene rings is 8. The molecule has 0 atom stereocenters. The first kappa shape index (κ1) is 57.5. The summed E-state index contributed by atoms with van der Waals surface area (Å²) in [6.45, 7) is 6.50. The van der Waals surface area contributed by atoms with Gasteiger partial charge in [0.2, 0.25) is 0 Å². The van der Waals surface area contributed by atoms with Gasteiger partial charge in [-0.2, -0.15) is 0 Å². The lowest BCUT2D eigenvalue weighted by Gasteiger charge is -2.23. The Kier molecular flexibility index (Phi) is 16.8. The van der Waals surface area contributed by atoms with Crippen molar-refractivity contribution in [1.29, 1.82) is 0 Å². The maximum atomic E-state index is 14.0. The van der Waals surface area contributed by atoms with Crippen LogP contribution in [0.25, 0.3) is 34.4 Å². The zero-order valence-electron chi connectivity index (χ0n) is 47.8. The van der Waals surface area contributed by atoms with Gasteiger partial charge in [0.25, 0.3) is 17.7 Å². The zero-order valence-corrected chi connectivity index (χ0v) is 47.8. The van der Waals surface area contributed by atoms with Gasteiger partial charge in [-0.15, -0.1) is 6.42 Å². The Morgan fingerprint density at radius 3 is 0.977 bits per heavy atom. The molecule has 0 aromatic heterocycles. The number of ether oxygens (including phenoxy) is 3. The van der Waals surface area contributed by atoms with Crippen molar-refractivity contribution in [2.75, 3.05) is 9.80 Å². The van der Waals surface area contributed by atoms with Gasteiger partial charge in [-0.3, -0.25) is 24.2 Å². The van der Waals surface area contributed by atoms with Crippen LogP contribution in [-0.4, -0.2) is 40.5 Å². The minimum atomic E-state index is -0.557. The Morgan fingerprint density at radius 1 is 0.330 bits per heavy atom. The zero-order chi connectivity index (χ0) is 61.3. The van der Waals surface area contributed by atoms with E-state index in [0.29, 0.717) is 78.8 Å². The maximum absolute atomic E-state index is 14.0. The van der Waals surface area contributed by atoms with Crippen molar-refractivity contribution >= 4 is 81.4 Å². The average Bonchev–Trinajstić information content (AvgIpc) is 1.59. The highest BCUT2D eigenvalue weighted by molar-refractivity contribution is 6.37. The molecule has 88 heavy (non-hydrogen) atoms. The summed E-state index contributed by atoms with van der Waals surface area (Å²) in [6, 6.07) is 76.9. The monoisotopic (exact) mass is 1150 g/mol. The normalized spacial score (nSPS) is 15.2. The number of nitrogens with zero attached hydrogens (tertiary/aromatic N) is 3. The van der Waals surface area contributed by atoms with E-state index >= 15 is 0 Å². The van der Waals surface area contributed by atoms with Gasteiger partial charge in [0.15, 0.2) is 17.3 Å². The van der Waals surface area contributed by atoms with Gasteiger partial charge in [0, 0.05) is 52.9 Å². The quantitative estimate of drug-likeness (QED) is 0.0826. The predicted octanol–water partition coefficient (Wildman–Crippen LogP) is 13.5. The van der Waals surface area contributed by atoms with Crippen LogP contribution >= 0.6 is 0 Å². The first-order chi connectivity index (χ1) is 43.0. The van der Waals surface area contributed by atoms with Crippen LogP contribution in [0.2, 0.25) is 0 Å². The third-order valence-electron chi connectivity index (χ3n) is 13.9. The molecule has 6 aliphatic heterocycles. The van der Waals surface area contributed by atoms with Gasteiger partial charge in [-0.05, 0) is 53.2 Å². The molecule has 0 aliphatic carbocycles. The summed E-state index contributed by atoms with van der Waals surface area (Å²) < 4.78 is 16.2. The molecule has 3 amide bonds. The fourth-order valence-corrected chi connectivity index (χ4v) is 10.4. The van der Waals surface area contributed by atoms with Crippen LogP contribution in [0.1, 0.15) is 55.6 Å². The molecule has 0 N–H and O–H groups in total. The summed E-state index contributed by atoms with van der Waals surface area (Å²) >= 11 is 0. The summed E-state index contributed by atoms with van der Waals surface area (Å²) in [6.07, 6.45) is 5.18. The van der Waals surface area contributed by atoms with Gasteiger partial charge >= 0.3 is 17.9 Å². The van der Waals surface area contributed by atoms with Crippen LogP contribution < -0.4 is 9.80 Å². The number of carbonyl (C=O) groups excluding carboxylic acids is 6. The lowest BCUT2D eigenvalue weighted by molar-refractivity contribution is -0.132. The number of fused-ring (bicyclic) bond motifs is 3. The molecule has 14 rings (SSSR count). The van der Waals surface area contributed by atoms with Crippen LogP contribution in [-0.2, 0) is 43.0 Å². The molecule has 6 aliphatic rings. The van der Waals surface area contributed by atoms with Crippen molar-refractivity contribution in [2.45, 2.75) is 20.8 Å². The molecule has 12 heteroatoms. The highest BCUT2D eigenvalue weighted by Gasteiger charge is 2.51. The summed E-state index contributed by atoms with van der Waals surface area (Å²) in [5.74, 6) is 8.92. The van der Waals surface area contributed by atoms with Crippen LogP contribution in [0.15, 0.2) is 276 Å². The summed E-state index contributed by atoms with van der Waals surface area (Å²) in [4.78, 5) is 83.0. The maximum Gasteiger partial charge on any atom is 0.348 e. The number of carbonyl (C=O) groups is 6. The van der Waals surface area contributed by atoms with Crippen molar-refractivity contribution in [2.24, 2.45) is 5.92 Å². The van der Waals surface area contributed by atoms with Gasteiger partial charge < -0.3 is 14.2 Å². The Hall–Kier alpha value is -12.3. The fraction of sp³-hybridized carbons (Fsp3) is 0.0526. The number of terminal acetylenes is 1. The van der Waals surface area contributed by atoms with Gasteiger partial charge in [-0.1, -0.05) is 239 Å². The van der Waals surface area contributed by atoms with Crippen molar-refractivity contribution in [3.8, 4) is 36.1 Å². The van der Waals surface area contributed by atoms with Crippen molar-refractivity contribution in [3.05, 3.63) is 309 Å². The average molecular weight is 1150 g/mol. The minimum absolute atomic E-state index is 0. The topological polar surface area (TPSA) is 140 Å². The molecule has 12 nitrogen and oxygen atoms in total. The van der Waals surface area contributed by atoms with E-state index in [1.807, 2.05) is 218 Å². The third kappa shape index (κ3) is 11.3. The number of rotatable bonds is 8. The predicted molar refractivity (Wildman–Crippen MR) is 340 cm³/mol. The Balaban J connectivity index is 0.000000145. The van der Waals surface area contributed by atoms with E-state index in [0.717, 1.165) is 17.0 Å². The SMILES string of the molecule is C#CC#CC#CN1C(=O)C2=C(c3ccccc3)N(c3ccccc3)C(=O)C2=C1c1ccccc1.CC(C)C.O=C1OC(c2ccccc2)=C2C(=O)N(c3ccccc3)C(c3ccccc3)=C12.O=C1OC(c2ccccc2)=C2C(=O)OC(c3ccccc3)=C12.[HH]. The molecule has 0 fully saturated rings. The number of anilines is 2. The molecule has 0 radical (unpaired) electrons. The minimum Gasteiger partial charge on any atom is -0.421 e. The third-order valence-corrected chi connectivity index (χ3v) is 13.9. The van der Waals surface area contributed by atoms with Crippen molar-refractivity contribution in [3.63, 3.8) is 0 Å². The molecule has 0 unspecified atom stereocenters. The standard InChI is InChI=1S/C30H16N2O2.C24H15NO3.C18H10O4.C4H10.H2/c1-2-3-4-14-21-31-27(22-15-8-5-9-16-22)25-26(29(31)33)28(23-17-10-6-11-18-23)32(30(25)34)24-19-12-7-13-20-24;26-23-20-19(24(27)28-22(20)17-12-6-2-7-13-17)21(16-10-4-1-5-11-16)25(23)18-14-8-3-9-15-18;19-17-13-14(16(22-17)12-9-5-2-6-10-12)18(20)21-15(13)11-7-3-1-4-8-11;1-4(2)3;/h1,5-13,15-20H;1-15H;1-10H;4H,1-3H3;1H. The van der Waals surface area contributed by atoms with Crippen LogP contribution in [0.5, 0.6) is 0 Å². The second kappa shape index (κ2) is 25.7. The van der Waals surface area contributed by atoms with Crippen LogP contribution in [0, 0.1) is 42.1 Å². The van der Waals surface area contributed by atoms with E-state index in [1.54, 1.807) is 34.1 Å². The molecule has 426 valence electrons. The van der Waals surface area contributed by atoms with Gasteiger partial charge in [0.05, 0.1) is 28.2 Å². The summed E-state index contributed by atoms with van der Waals surface area (Å²) in [5, 5.41) is 0. The summed E-state index contributed by atoms with van der Waals surface area (Å²) in [5.41, 5.74) is 8.90. The molecule has 8 aromatic rings. The molecule has 8 aromatic carbocycles. The molecular formula is C76H53N3O9. The number of hydrogen-bond acceptors (Lipinski definition) is 9. The molecular weight excluding hydrogens is 1100 g/mol. The molecule has 0 saturated carbocycles. The number of para-hydroxylation sites is 2. The number of amides is 3. The Morgan fingerprint density at radius 2 is 0.614 bits per heavy atom. The van der Waals surface area contributed by atoms with Crippen LogP contribution in [0.4, 0.5) is 11.4 Å². The van der Waals surface area contributed by atoms with Gasteiger partial charge in [-0.25, -0.2) is 19.3 Å². The van der Waals surface area contributed by atoms with E-state index in [1.165, 1.54) is 4.90 Å². The lowest BCUT2D eigenvalue weighted by Crippen LogP contribution is -2.27. The second-order valence-electron chi connectivity index (χ2n) is 20.6. The largest absolute Gasteiger partial charge is 0.421 e. The van der Waals surface area contributed by atoms with E-state index < -0.39 is 17.9 Å². The highest BCUT2D eigenvalue weighted by Crippen LogP contribution is 2.49. The van der Waals surface area contributed by atoms with E-state index in [9.17, 15) is 28.8 Å². The molecule has 0 bridgehead atoms. The smallest absolute Gasteiger partial charge is 0.348 e. The second-order valence-corrected chi connectivity index (χ2v) is 20.6. The van der Waals surface area contributed by atoms with Gasteiger partial charge in [0.1, 0.15) is 22.3 Å². The Labute approximate surface area is 510 Å². The number of cyclic esters (lactones) is 3. The number of esters is 3. The van der Waals surface area contributed by atoms with E-state index in [2.05, 4.69) is 50.5 Å². The van der Waals surface area contributed by atoms with Crippen molar-refractivity contribution < 1.29 is 44.4 Å². The van der Waals surface area contributed by atoms with Crippen LogP contribution in [0.3, 0.4) is 0 Å². The van der Waals surface area contributed by atoms with Crippen molar-refractivity contribution in [1.82, 2.24) is 4.90 Å². The number of hydrogen-bond donors (Lipinski definition) is 0. The lowest BCUT2D eigenvalue weighted by atomic mass is 10.0. The fourth-order valence-electron chi connectivity index (χ4n) is 10.4. The molecule has 0 spiro atoms. The summed E-state index contributed by atoms with van der Waals surface area (Å²) in [7, 11) is 0. The first-order valence-corrected chi connectivity index (χ1v) is 28.0.